The quantitative estimate of drug-likeness (QED) is 0.244. The van der Waals surface area contributed by atoms with Gasteiger partial charge in [-0.3, -0.25) is 19.3 Å². The van der Waals surface area contributed by atoms with Gasteiger partial charge in [0.2, 0.25) is 17.7 Å². The van der Waals surface area contributed by atoms with Gasteiger partial charge in [0.05, 0.1) is 0 Å². The van der Waals surface area contributed by atoms with Crippen LogP contribution in [0.5, 0.6) is 0 Å². The average Bonchev–Trinajstić information content (AvgIpc) is 3.55. The molecular weight excluding hydrogens is 528 g/mol. The highest BCUT2D eigenvalue weighted by Crippen LogP contribution is 2.27. The first kappa shape index (κ1) is 34.1. The molecule has 0 aromatic carbocycles. The summed E-state index contributed by atoms with van der Waals surface area (Å²) in [6.07, 6.45) is 6.15. The number of ether oxygens (including phenoxy) is 1. The van der Waals surface area contributed by atoms with Gasteiger partial charge in [-0.25, -0.2) is 4.79 Å². The lowest BCUT2D eigenvalue weighted by molar-refractivity contribution is -0.145. The summed E-state index contributed by atoms with van der Waals surface area (Å²) in [6.45, 7) is 14.9. The molecule has 2 rings (SSSR count). The fourth-order valence-corrected chi connectivity index (χ4v) is 7.46. The summed E-state index contributed by atoms with van der Waals surface area (Å²) in [5, 5.41) is 3.01. The second-order valence-electron chi connectivity index (χ2n) is 12.7. The normalized spacial score (nSPS) is 19.6. The first-order chi connectivity index (χ1) is 18.8. The third kappa shape index (κ3) is 11.0. The summed E-state index contributed by atoms with van der Waals surface area (Å²) < 4.78 is 11.3. The maximum Gasteiger partial charge on any atom is 0.410 e. The predicted octanol–water partition coefficient (Wildman–Crippen LogP) is 4.14. The van der Waals surface area contributed by atoms with Crippen LogP contribution in [0.2, 0.25) is 19.1 Å². The molecule has 2 atom stereocenters. The standard InChI is InChI=1S/C29H54N4O6Si/c1-8-38-40(6,7)22-14-18-30-25(34)17-10-9-11-19-31(5)26(35)23-15-12-20-32(23)27(36)24-16-13-21-33(24)28(37)39-29(2,3)4/h23-24H,8-22H2,1-7H3,(H,30,34)/t23-,24-/m0/s1. The number of likely N-dealkylation sites (N-methyl/N-ethyl adjacent to an activating group) is 1. The third-order valence-corrected chi connectivity index (χ3v) is 10.2. The molecule has 10 nitrogen and oxygen atoms in total. The van der Waals surface area contributed by atoms with Crippen molar-refractivity contribution in [1.29, 1.82) is 0 Å². The summed E-state index contributed by atoms with van der Waals surface area (Å²) in [5.74, 6) is -0.126. The van der Waals surface area contributed by atoms with Crippen LogP contribution in [0.25, 0.3) is 0 Å². The highest BCUT2D eigenvalue weighted by Gasteiger charge is 2.43. The number of hydrogen-bond acceptors (Lipinski definition) is 6. The van der Waals surface area contributed by atoms with E-state index in [1.54, 1.807) is 16.8 Å². The number of likely N-dealkylation sites (tertiary alicyclic amines) is 2. The number of hydrogen-bond donors (Lipinski definition) is 1. The first-order valence-corrected chi connectivity index (χ1v) is 18.3. The molecule has 4 amide bonds. The lowest BCUT2D eigenvalue weighted by Gasteiger charge is -2.33. The van der Waals surface area contributed by atoms with E-state index in [4.69, 9.17) is 9.16 Å². The lowest BCUT2D eigenvalue weighted by atomic mass is 10.1. The number of unbranched alkanes of at least 4 members (excludes halogenated alkanes) is 2. The molecule has 2 aliphatic heterocycles. The van der Waals surface area contributed by atoms with Gasteiger partial charge < -0.3 is 24.3 Å². The zero-order valence-corrected chi connectivity index (χ0v) is 27.1. The van der Waals surface area contributed by atoms with Gasteiger partial charge >= 0.3 is 6.09 Å². The summed E-state index contributed by atoms with van der Waals surface area (Å²) in [4.78, 5) is 56.5. The Labute approximate surface area is 242 Å². The second kappa shape index (κ2) is 15.7. The summed E-state index contributed by atoms with van der Waals surface area (Å²) in [7, 11) is 0.182. The monoisotopic (exact) mass is 582 g/mol. The second-order valence-corrected chi connectivity index (χ2v) is 17.0. The van der Waals surface area contributed by atoms with Crippen molar-refractivity contribution in [2.75, 3.05) is 39.8 Å². The van der Waals surface area contributed by atoms with Gasteiger partial charge in [0.15, 0.2) is 8.32 Å². The number of nitrogens with one attached hydrogen (secondary N) is 1. The maximum atomic E-state index is 13.5. The molecular formula is C29H54N4O6Si. The number of nitrogens with zero attached hydrogens (tertiary/aromatic N) is 3. The molecule has 2 fully saturated rings. The summed E-state index contributed by atoms with van der Waals surface area (Å²) in [5.41, 5.74) is -0.631. The SMILES string of the molecule is CCO[Si](C)(C)CCCNC(=O)CCCCCN(C)C(=O)[C@@H]1CCCN1C(=O)[C@@H]1CCCN1C(=O)OC(C)(C)C. The van der Waals surface area contributed by atoms with Crippen LogP contribution in [0.1, 0.15) is 85.5 Å². The highest BCUT2D eigenvalue weighted by molar-refractivity contribution is 6.71. The van der Waals surface area contributed by atoms with Crippen LogP contribution in [0.15, 0.2) is 0 Å². The fourth-order valence-electron chi connectivity index (χ4n) is 5.51. The van der Waals surface area contributed by atoms with E-state index in [1.807, 2.05) is 27.7 Å². The van der Waals surface area contributed by atoms with Crippen LogP contribution < -0.4 is 5.32 Å². The molecule has 0 saturated carbocycles. The van der Waals surface area contributed by atoms with Gasteiger partial charge in [0, 0.05) is 46.3 Å². The Morgan fingerprint density at radius 2 is 1.60 bits per heavy atom. The van der Waals surface area contributed by atoms with E-state index >= 15 is 0 Å². The molecule has 1 N–H and O–H groups in total. The zero-order valence-electron chi connectivity index (χ0n) is 26.1. The Balaban J connectivity index is 1.72. The van der Waals surface area contributed by atoms with Crippen LogP contribution in [0.4, 0.5) is 4.79 Å². The Kier molecular flexibility index (Phi) is 13.4. The minimum absolute atomic E-state index is 0.0519. The Morgan fingerprint density at radius 3 is 2.25 bits per heavy atom. The Hall–Kier alpha value is -2.14. The van der Waals surface area contributed by atoms with Crippen molar-refractivity contribution in [2.45, 2.75) is 122 Å². The van der Waals surface area contributed by atoms with Crippen LogP contribution in [0, 0.1) is 0 Å². The van der Waals surface area contributed by atoms with Gasteiger partial charge in [-0.2, -0.15) is 0 Å². The molecule has 0 bridgehead atoms. The smallest absolute Gasteiger partial charge is 0.410 e. The molecule has 230 valence electrons. The number of carbonyl (C=O) groups is 4. The number of rotatable bonds is 14. The van der Waals surface area contributed by atoms with Gasteiger partial charge in [0.25, 0.3) is 0 Å². The molecule has 2 heterocycles. The van der Waals surface area contributed by atoms with Gasteiger partial charge in [-0.05, 0) is 91.8 Å². The zero-order chi connectivity index (χ0) is 29.9. The first-order valence-electron chi connectivity index (χ1n) is 15.2. The van der Waals surface area contributed by atoms with Crippen LogP contribution in [-0.2, 0) is 23.5 Å². The summed E-state index contributed by atoms with van der Waals surface area (Å²) >= 11 is 0. The predicted molar refractivity (Wildman–Crippen MR) is 158 cm³/mol. The minimum atomic E-state index is -1.60. The van der Waals surface area contributed by atoms with Crippen molar-refractivity contribution in [2.24, 2.45) is 0 Å². The van der Waals surface area contributed by atoms with Gasteiger partial charge in [0.1, 0.15) is 17.7 Å². The van der Waals surface area contributed by atoms with E-state index in [1.165, 1.54) is 4.90 Å². The minimum Gasteiger partial charge on any atom is -0.444 e. The molecule has 2 saturated heterocycles. The third-order valence-electron chi connectivity index (χ3n) is 7.57. The van der Waals surface area contributed by atoms with E-state index in [9.17, 15) is 19.2 Å². The van der Waals surface area contributed by atoms with E-state index in [-0.39, 0.29) is 17.7 Å². The van der Waals surface area contributed by atoms with Crippen molar-refractivity contribution in [1.82, 2.24) is 20.0 Å². The molecule has 11 heteroatoms. The average molecular weight is 583 g/mol. The molecule has 2 aliphatic rings. The fraction of sp³-hybridized carbons (Fsp3) is 0.862. The highest BCUT2D eigenvalue weighted by atomic mass is 28.4. The summed E-state index contributed by atoms with van der Waals surface area (Å²) in [6, 6.07) is -0.0215. The van der Waals surface area contributed by atoms with E-state index in [0.29, 0.717) is 45.4 Å². The molecule has 0 spiro atoms. The van der Waals surface area contributed by atoms with Crippen LogP contribution in [-0.4, -0.2) is 104 Å². The molecule has 0 aliphatic carbocycles. The van der Waals surface area contributed by atoms with Crippen molar-refractivity contribution in [3.63, 3.8) is 0 Å². The topological polar surface area (TPSA) is 108 Å². The maximum absolute atomic E-state index is 13.5. The Bertz CT molecular complexity index is 862. The largest absolute Gasteiger partial charge is 0.444 e. The molecule has 0 aromatic heterocycles. The van der Waals surface area contributed by atoms with Gasteiger partial charge in [-0.1, -0.05) is 6.42 Å². The Morgan fingerprint density at radius 1 is 0.950 bits per heavy atom. The number of carbonyl (C=O) groups excluding carboxylic acids is 4. The molecule has 0 aromatic rings. The number of amides is 4. The van der Waals surface area contributed by atoms with Crippen molar-refractivity contribution in [3.05, 3.63) is 0 Å². The van der Waals surface area contributed by atoms with Gasteiger partial charge in [-0.15, -0.1) is 0 Å². The van der Waals surface area contributed by atoms with E-state index in [2.05, 4.69) is 18.4 Å². The lowest BCUT2D eigenvalue weighted by Crippen LogP contribution is -2.53. The van der Waals surface area contributed by atoms with Crippen molar-refractivity contribution in [3.8, 4) is 0 Å². The van der Waals surface area contributed by atoms with Crippen LogP contribution in [0.3, 0.4) is 0 Å². The molecule has 40 heavy (non-hydrogen) atoms. The molecule has 0 unspecified atom stereocenters. The van der Waals surface area contributed by atoms with Crippen molar-refractivity contribution >= 4 is 32.1 Å². The van der Waals surface area contributed by atoms with Crippen molar-refractivity contribution < 1.29 is 28.3 Å². The van der Waals surface area contributed by atoms with E-state index < -0.39 is 32.1 Å². The van der Waals surface area contributed by atoms with Crippen LogP contribution >= 0.6 is 0 Å². The van der Waals surface area contributed by atoms with E-state index in [0.717, 1.165) is 51.2 Å². The molecule has 0 radical (unpaired) electrons.